The summed E-state index contributed by atoms with van der Waals surface area (Å²) in [5.41, 5.74) is 0.200. The number of aliphatic hydroxyl groups is 1. The molecule has 0 saturated heterocycles. The van der Waals surface area contributed by atoms with Crippen molar-refractivity contribution in [2.75, 3.05) is 24.7 Å². The second kappa shape index (κ2) is 8.37. The Morgan fingerprint density at radius 2 is 1.81 bits per heavy atom. The third-order valence-electron chi connectivity index (χ3n) is 2.54. The van der Waals surface area contributed by atoms with Crippen molar-refractivity contribution in [2.24, 2.45) is 11.3 Å². The topological polar surface area (TPSA) is 32.3 Å². The fourth-order valence-corrected chi connectivity index (χ4v) is 2.46. The Morgan fingerprint density at radius 1 is 1.19 bits per heavy atom. The summed E-state index contributed by atoms with van der Waals surface area (Å²) >= 11 is 2.02. The Balaban J connectivity index is 3.60. The predicted octanol–water partition coefficient (Wildman–Crippen LogP) is 2.76. The number of aliphatic hydroxyl groups excluding tert-OH is 1. The lowest BCUT2D eigenvalue weighted by Crippen LogP contribution is -2.37. The molecule has 1 unspecified atom stereocenters. The molecule has 0 aliphatic carbocycles. The fraction of sp³-hybridized carbons (Fsp3) is 1.00. The van der Waals surface area contributed by atoms with Gasteiger partial charge >= 0.3 is 0 Å². The number of thioether (sulfide) groups is 1. The van der Waals surface area contributed by atoms with E-state index in [1.165, 1.54) is 11.5 Å². The maximum absolute atomic E-state index is 8.94. The zero-order valence-electron chi connectivity index (χ0n) is 11.5. The van der Waals surface area contributed by atoms with Crippen LogP contribution < -0.4 is 5.32 Å². The van der Waals surface area contributed by atoms with Crippen molar-refractivity contribution in [3.05, 3.63) is 0 Å². The van der Waals surface area contributed by atoms with E-state index in [2.05, 4.69) is 39.9 Å². The highest BCUT2D eigenvalue weighted by Gasteiger charge is 2.17. The quantitative estimate of drug-likeness (QED) is 0.657. The molecule has 2 N–H and O–H groups in total. The van der Waals surface area contributed by atoms with Crippen molar-refractivity contribution in [1.82, 2.24) is 5.32 Å². The summed E-state index contributed by atoms with van der Waals surface area (Å²) in [5, 5.41) is 12.5. The molecule has 1 atom stereocenters. The molecule has 3 heteroatoms. The minimum atomic E-state index is 0.200. The van der Waals surface area contributed by atoms with Crippen LogP contribution in [0.2, 0.25) is 0 Å². The van der Waals surface area contributed by atoms with Gasteiger partial charge in [0.1, 0.15) is 0 Å². The highest BCUT2D eigenvalue weighted by Crippen LogP contribution is 2.18. The minimum absolute atomic E-state index is 0.200. The highest BCUT2D eigenvalue weighted by molar-refractivity contribution is 7.99. The maximum atomic E-state index is 8.94. The van der Waals surface area contributed by atoms with Crippen molar-refractivity contribution in [3.8, 4) is 0 Å². The number of hydrogen-bond donors (Lipinski definition) is 2. The van der Waals surface area contributed by atoms with Gasteiger partial charge in [0.25, 0.3) is 0 Å². The van der Waals surface area contributed by atoms with Crippen molar-refractivity contribution in [3.63, 3.8) is 0 Å². The minimum Gasteiger partial charge on any atom is -0.396 e. The van der Waals surface area contributed by atoms with Gasteiger partial charge in [-0.05, 0) is 30.4 Å². The van der Waals surface area contributed by atoms with Crippen LogP contribution in [0.1, 0.15) is 41.0 Å². The first-order chi connectivity index (χ1) is 7.37. The van der Waals surface area contributed by atoms with E-state index in [1.807, 2.05) is 11.8 Å². The molecule has 0 rings (SSSR count). The first-order valence-corrected chi connectivity index (χ1v) is 7.45. The largest absolute Gasteiger partial charge is 0.396 e. The van der Waals surface area contributed by atoms with Crippen LogP contribution in [0.25, 0.3) is 0 Å². The Labute approximate surface area is 106 Å². The van der Waals surface area contributed by atoms with Gasteiger partial charge in [0.2, 0.25) is 0 Å². The van der Waals surface area contributed by atoms with Crippen molar-refractivity contribution in [2.45, 2.75) is 47.1 Å². The molecule has 0 amide bonds. The molecule has 2 nitrogen and oxygen atoms in total. The van der Waals surface area contributed by atoms with E-state index >= 15 is 0 Å². The van der Waals surface area contributed by atoms with Crippen molar-refractivity contribution < 1.29 is 5.11 Å². The van der Waals surface area contributed by atoms with Gasteiger partial charge in [-0.1, -0.05) is 27.7 Å². The molecule has 0 aliphatic heterocycles. The van der Waals surface area contributed by atoms with E-state index in [-0.39, 0.29) is 12.0 Å². The third kappa shape index (κ3) is 9.49. The van der Waals surface area contributed by atoms with E-state index in [9.17, 15) is 0 Å². The van der Waals surface area contributed by atoms with Crippen LogP contribution in [0.4, 0.5) is 0 Å². The smallest absolute Gasteiger partial charge is 0.0436 e. The van der Waals surface area contributed by atoms with Crippen LogP contribution in [-0.4, -0.2) is 35.8 Å². The van der Waals surface area contributed by atoms with E-state index in [4.69, 9.17) is 5.11 Å². The van der Waals surface area contributed by atoms with Crippen molar-refractivity contribution in [1.29, 1.82) is 0 Å². The van der Waals surface area contributed by atoms with Crippen LogP contribution >= 0.6 is 11.8 Å². The Morgan fingerprint density at radius 3 is 2.31 bits per heavy atom. The molecule has 0 heterocycles. The molecule has 0 aliphatic rings. The fourth-order valence-electron chi connectivity index (χ4n) is 1.38. The Kier molecular flexibility index (Phi) is 8.52. The zero-order valence-corrected chi connectivity index (χ0v) is 12.4. The summed E-state index contributed by atoms with van der Waals surface area (Å²) in [5.74, 6) is 3.20. The van der Waals surface area contributed by atoms with Crippen LogP contribution in [0.3, 0.4) is 0 Å². The van der Waals surface area contributed by atoms with Gasteiger partial charge in [-0.15, -0.1) is 0 Å². The molecule has 0 bridgehead atoms. The molecule has 0 saturated carbocycles. The molecule has 0 fully saturated rings. The molecule has 0 aromatic rings. The molecule has 0 spiro atoms. The standard InChI is InChI=1S/C13H29NOS/c1-11(2)8-16-9-12(3)14-10-13(4,5)6-7-15/h11-12,14-15H,6-10H2,1-5H3. The lowest BCUT2D eigenvalue weighted by atomic mass is 9.89. The third-order valence-corrected chi connectivity index (χ3v) is 4.17. The SMILES string of the molecule is CC(C)CSCC(C)NCC(C)(C)CCO. The molecule has 0 aromatic heterocycles. The average molecular weight is 247 g/mol. The normalized spacial score (nSPS) is 14.4. The predicted molar refractivity (Wildman–Crippen MR) is 75.1 cm³/mol. The first-order valence-electron chi connectivity index (χ1n) is 6.29. The van der Waals surface area contributed by atoms with Gasteiger partial charge in [-0.2, -0.15) is 11.8 Å². The van der Waals surface area contributed by atoms with E-state index in [1.54, 1.807) is 0 Å². The summed E-state index contributed by atoms with van der Waals surface area (Å²) in [4.78, 5) is 0. The van der Waals surface area contributed by atoms with Crippen LogP contribution in [0.15, 0.2) is 0 Å². The zero-order chi connectivity index (χ0) is 12.6. The number of hydrogen-bond acceptors (Lipinski definition) is 3. The van der Waals surface area contributed by atoms with Gasteiger partial charge in [0.15, 0.2) is 0 Å². The molecule has 0 aromatic carbocycles. The monoisotopic (exact) mass is 247 g/mol. The maximum Gasteiger partial charge on any atom is 0.0436 e. The number of rotatable bonds is 9. The summed E-state index contributed by atoms with van der Waals surface area (Å²) in [6, 6.07) is 0.557. The molecule has 16 heavy (non-hydrogen) atoms. The van der Waals surface area contributed by atoms with Gasteiger partial charge < -0.3 is 10.4 Å². The van der Waals surface area contributed by atoms with E-state index in [0.29, 0.717) is 6.04 Å². The lowest BCUT2D eigenvalue weighted by Gasteiger charge is -2.26. The van der Waals surface area contributed by atoms with Gasteiger partial charge in [-0.3, -0.25) is 0 Å². The van der Waals surface area contributed by atoms with Gasteiger partial charge in [0.05, 0.1) is 0 Å². The van der Waals surface area contributed by atoms with Gasteiger partial charge in [-0.25, -0.2) is 0 Å². The van der Waals surface area contributed by atoms with E-state index in [0.717, 1.165) is 18.9 Å². The Bertz CT molecular complexity index is 171. The first kappa shape index (κ1) is 16.3. The summed E-state index contributed by atoms with van der Waals surface area (Å²) < 4.78 is 0. The lowest BCUT2D eigenvalue weighted by molar-refractivity contribution is 0.204. The van der Waals surface area contributed by atoms with Crippen LogP contribution in [0, 0.1) is 11.3 Å². The molecular formula is C13H29NOS. The summed E-state index contributed by atoms with van der Waals surface area (Å²) in [6.45, 7) is 12.4. The number of nitrogens with one attached hydrogen (secondary N) is 1. The van der Waals surface area contributed by atoms with Crippen LogP contribution in [-0.2, 0) is 0 Å². The molecular weight excluding hydrogens is 218 g/mol. The van der Waals surface area contributed by atoms with E-state index < -0.39 is 0 Å². The average Bonchev–Trinajstić information content (AvgIpc) is 2.14. The molecule has 0 radical (unpaired) electrons. The van der Waals surface area contributed by atoms with Gasteiger partial charge in [0, 0.05) is 24.9 Å². The Hall–Kier alpha value is 0.270. The van der Waals surface area contributed by atoms with Crippen LogP contribution in [0.5, 0.6) is 0 Å². The molecule has 98 valence electrons. The van der Waals surface area contributed by atoms with Crippen molar-refractivity contribution >= 4 is 11.8 Å². The summed E-state index contributed by atoms with van der Waals surface area (Å²) in [7, 11) is 0. The second-order valence-electron chi connectivity index (χ2n) is 5.85. The second-order valence-corrected chi connectivity index (χ2v) is 6.93. The summed E-state index contributed by atoms with van der Waals surface area (Å²) in [6.07, 6.45) is 0.867. The highest BCUT2D eigenvalue weighted by atomic mass is 32.2.